The van der Waals surface area contributed by atoms with Crippen LogP contribution in [-0.2, 0) is 0 Å². The third kappa shape index (κ3) is 1.54. The molecule has 0 atom stereocenters. The highest BCUT2D eigenvalue weighted by Crippen LogP contribution is 2.37. The van der Waals surface area contributed by atoms with E-state index >= 15 is 0 Å². The van der Waals surface area contributed by atoms with Gasteiger partial charge in [-0.2, -0.15) is 0 Å². The van der Waals surface area contributed by atoms with Crippen LogP contribution < -0.4 is 5.32 Å². The molecule has 3 heteroatoms. The van der Waals surface area contributed by atoms with Gasteiger partial charge < -0.3 is 5.32 Å². The predicted octanol–water partition coefficient (Wildman–Crippen LogP) is 3.73. The molecule has 16 heavy (non-hydrogen) atoms. The highest BCUT2D eigenvalue weighted by molar-refractivity contribution is 6.31. The lowest BCUT2D eigenvalue weighted by molar-refractivity contribution is 0.991. The fraction of sp³-hybridized carbons (Fsp3) is 0.308. The summed E-state index contributed by atoms with van der Waals surface area (Å²) in [7, 11) is 0. The van der Waals surface area contributed by atoms with Crippen LogP contribution in [0.1, 0.15) is 25.3 Å². The first-order valence-electron chi connectivity index (χ1n) is 5.54. The molecule has 2 heterocycles. The molecule has 0 fully saturated rings. The molecule has 1 aromatic rings. The molecule has 0 amide bonds. The average Bonchev–Trinajstić information content (AvgIpc) is 2.54. The molecule has 3 rings (SSSR count). The summed E-state index contributed by atoms with van der Waals surface area (Å²) in [5, 5.41) is 4.20. The van der Waals surface area contributed by atoms with E-state index in [1.165, 1.54) is 11.3 Å². The number of benzene rings is 1. The lowest BCUT2D eigenvalue weighted by Gasteiger charge is -2.08. The third-order valence-corrected chi connectivity index (χ3v) is 3.32. The van der Waals surface area contributed by atoms with Crippen molar-refractivity contribution < 1.29 is 0 Å². The minimum Gasteiger partial charge on any atom is -0.384 e. The summed E-state index contributed by atoms with van der Waals surface area (Å²) in [5.41, 5.74) is 6.08. The number of nitrogens with zero attached hydrogens (tertiary/aromatic N) is 1. The maximum Gasteiger partial charge on any atom is 0.0719 e. The van der Waals surface area contributed by atoms with Crippen LogP contribution in [0.3, 0.4) is 0 Å². The minimum absolute atomic E-state index is 0.772. The van der Waals surface area contributed by atoms with Crippen LogP contribution in [0.25, 0.3) is 5.70 Å². The second-order valence-corrected chi connectivity index (χ2v) is 4.78. The van der Waals surface area contributed by atoms with Crippen LogP contribution in [0.5, 0.6) is 0 Å². The lowest BCUT2D eigenvalue weighted by Crippen LogP contribution is -2.02. The summed E-state index contributed by atoms with van der Waals surface area (Å²) in [6, 6.07) is 5.97. The predicted molar refractivity (Wildman–Crippen MR) is 69.2 cm³/mol. The smallest absolute Gasteiger partial charge is 0.0719 e. The summed E-state index contributed by atoms with van der Waals surface area (Å²) in [6.45, 7) is 3.07. The Morgan fingerprint density at radius 3 is 3.12 bits per heavy atom. The van der Waals surface area contributed by atoms with E-state index < -0.39 is 0 Å². The van der Waals surface area contributed by atoms with Crippen molar-refractivity contribution in [3.8, 4) is 0 Å². The maximum atomic E-state index is 6.06. The van der Waals surface area contributed by atoms with Crippen LogP contribution in [0.4, 0.5) is 5.69 Å². The summed E-state index contributed by atoms with van der Waals surface area (Å²) in [5.74, 6) is 0. The Labute approximate surface area is 100 Å². The number of rotatable bonds is 0. The standard InChI is InChI=1S/C13H13ClN2/c1-8-6-9-4-5-15-12-3-2-10(14)7-11(12)13(9)16-8/h2-3,7,15H,4-6H2,1H3. The molecule has 0 radical (unpaired) electrons. The SMILES string of the molecule is CC1=NC2=C(CCNc3ccc(Cl)cc32)C1. The van der Waals surface area contributed by atoms with Gasteiger partial charge in [-0.25, -0.2) is 0 Å². The van der Waals surface area contributed by atoms with Crippen LogP contribution in [0, 0.1) is 0 Å². The number of halogens is 1. The minimum atomic E-state index is 0.772. The van der Waals surface area contributed by atoms with E-state index in [1.54, 1.807) is 0 Å². The zero-order valence-electron chi connectivity index (χ0n) is 9.18. The van der Waals surface area contributed by atoms with Gasteiger partial charge in [0.05, 0.1) is 5.70 Å². The monoisotopic (exact) mass is 232 g/mol. The number of aliphatic imine (C=N–C) groups is 1. The molecule has 82 valence electrons. The first-order valence-corrected chi connectivity index (χ1v) is 5.92. The number of nitrogens with one attached hydrogen (secondary N) is 1. The van der Waals surface area contributed by atoms with E-state index in [9.17, 15) is 0 Å². The fourth-order valence-corrected chi connectivity index (χ4v) is 2.55. The van der Waals surface area contributed by atoms with Gasteiger partial charge >= 0.3 is 0 Å². The summed E-state index contributed by atoms with van der Waals surface area (Å²) in [6.07, 6.45) is 2.09. The van der Waals surface area contributed by atoms with Crippen molar-refractivity contribution in [3.05, 3.63) is 34.4 Å². The van der Waals surface area contributed by atoms with Gasteiger partial charge in [-0.1, -0.05) is 11.6 Å². The topological polar surface area (TPSA) is 24.4 Å². The molecule has 0 saturated heterocycles. The molecule has 0 aliphatic carbocycles. The number of anilines is 1. The molecule has 2 nitrogen and oxygen atoms in total. The average molecular weight is 233 g/mol. The molecule has 0 saturated carbocycles. The van der Waals surface area contributed by atoms with Crippen molar-refractivity contribution >= 4 is 28.7 Å². The van der Waals surface area contributed by atoms with E-state index in [0.717, 1.165) is 41.4 Å². The molecule has 1 N–H and O–H groups in total. The van der Waals surface area contributed by atoms with Crippen molar-refractivity contribution in [2.24, 2.45) is 4.99 Å². The first-order chi connectivity index (χ1) is 7.74. The quantitative estimate of drug-likeness (QED) is 0.724. The highest BCUT2D eigenvalue weighted by Gasteiger charge is 2.21. The lowest BCUT2D eigenvalue weighted by atomic mass is 10.0. The zero-order chi connectivity index (χ0) is 11.1. The van der Waals surface area contributed by atoms with E-state index in [0.29, 0.717) is 0 Å². The van der Waals surface area contributed by atoms with Gasteiger partial charge in [0.25, 0.3) is 0 Å². The number of hydrogen-bond donors (Lipinski definition) is 1. The fourth-order valence-electron chi connectivity index (χ4n) is 2.37. The molecule has 1 aromatic carbocycles. The molecule has 0 unspecified atom stereocenters. The Morgan fingerprint density at radius 1 is 1.38 bits per heavy atom. The van der Waals surface area contributed by atoms with E-state index in [2.05, 4.69) is 17.2 Å². The summed E-state index contributed by atoms with van der Waals surface area (Å²) >= 11 is 6.06. The van der Waals surface area contributed by atoms with Crippen molar-refractivity contribution in [1.82, 2.24) is 0 Å². The molecule has 0 aromatic heterocycles. The first kappa shape index (κ1) is 9.91. The Hall–Kier alpha value is -1.28. The normalized spacial score (nSPS) is 18.5. The maximum absolute atomic E-state index is 6.06. The Balaban J connectivity index is 2.19. The molecule has 2 aliphatic rings. The van der Waals surface area contributed by atoms with Gasteiger partial charge in [-0.3, -0.25) is 4.99 Å². The van der Waals surface area contributed by atoms with E-state index in [-0.39, 0.29) is 0 Å². The zero-order valence-corrected chi connectivity index (χ0v) is 9.93. The van der Waals surface area contributed by atoms with Crippen LogP contribution in [0.15, 0.2) is 28.8 Å². The largest absolute Gasteiger partial charge is 0.384 e. The van der Waals surface area contributed by atoms with Gasteiger partial charge in [0, 0.05) is 35.0 Å². The van der Waals surface area contributed by atoms with Gasteiger partial charge in [0.2, 0.25) is 0 Å². The number of fused-ring (bicyclic) bond motifs is 2. The van der Waals surface area contributed by atoms with E-state index in [1.807, 2.05) is 18.2 Å². The van der Waals surface area contributed by atoms with Crippen molar-refractivity contribution in [2.45, 2.75) is 19.8 Å². The molecule has 2 aliphatic heterocycles. The summed E-state index contributed by atoms with van der Waals surface area (Å²) in [4.78, 5) is 4.65. The van der Waals surface area contributed by atoms with Crippen LogP contribution in [0.2, 0.25) is 5.02 Å². The third-order valence-electron chi connectivity index (χ3n) is 3.09. The summed E-state index contributed by atoms with van der Waals surface area (Å²) < 4.78 is 0. The van der Waals surface area contributed by atoms with Gasteiger partial charge in [-0.05, 0) is 37.1 Å². The second-order valence-electron chi connectivity index (χ2n) is 4.34. The highest BCUT2D eigenvalue weighted by atomic mass is 35.5. The Morgan fingerprint density at radius 2 is 2.25 bits per heavy atom. The Kier molecular flexibility index (Phi) is 2.25. The van der Waals surface area contributed by atoms with Gasteiger partial charge in [-0.15, -0.1) is 0 Å². The van der Waals surface area contributed by atoms with Gasteiger partial charge in [0.1, 0.15) is 0 Å². The van der Waals surface area contributed by atoms with Crippen LogP contribution >= 0.6 is 11.6 Å². The van der Waals surface area contributed by atoms with Crippen molar-refractivity contribution in [2.75, 3.05) is 11.9 Å². The Bertz CT molecular complexity index is 515. The second kappa shape index (κ2) is 3.63. The van der Waals surface area contributed by atoms with Crippen molar-refractivity contribution in [3.63, 3.8) is 0 Å². The molecule has 0 bridgehead atoms. The van der Waals surface area contributed by atoms with Crippen LogP contribution in [-0.4, -0.2) is 12.3 Å². The van der Waals surface area contributed by atoms with Gasteiger partial charge in [0.15, 0.2) is 0 Å². The van der Waals surface area contributed by atoms with E-state index in [4.69, 9.17) is 11.6 Å². The molecular formula is C13H13ClN2. The molecule has 0 spiro atoms. The number of hydrogen-bond acceptors (Lipinski definition) is 2. The molecular weight excluding hydrogens is 220 g/mol. The van der Waals surface area contributed by atoms with Crippen molar-refractivity contribution in [1.29, 1.82) is 0 Å².